The van der Waals surface area contributed by atoms with Crippen molar-refractivity contribution in [3.8, 4) is 10.4 Å². The molecule has 0 amide bonds. The Morgan fingerprint density at radius 2 is 1.89 bits per heavy atom. The normalized spacial score (nSPS) is 11.8. The number of benzene rings is 1. The third-order valence-electron chi connectivity index (χ3n) is 2.63. The molecule has 4 heteroatoms. The Morgan fingerprint density at radius 1 is 1.11 bits per heavy atom. The highest BCUT2D eigenvalue weighted by Gasteiger charge is 2.30. The van der Waals surface area contributed by atoms with Gasteiger partial charge in [0.1, 0.15) is 0 Å². The van der Waals surface area contributed by atoms with Crippen LogP contribution in [0.5, 0.6) is 0 Å². The van der Waals surface area contributed by atoms with Gasteiger partial charge >= 0.3 is 6.18 Å². The number of thiophene rings is 1. The van der Waals surface area contributed by atoms with E-state index >= 15 is 0 Å². The Labute approximate surface area is 108 Å². The fraction of sp³-hybridized carbons (Fsp3) is 0.286. The molecule has 0 N–H and O–H groups in total. The number of rotatable bonds is 3. The first-order valence-corrected chi connectivity index (χ1v) is 6.58. The molecule has 2 rings (SSSR count). The van der Waals surface area contributed by atoms with Crippen molar-refractivity contribution in [2.45, 2.75) is 25.9 Å². The van der Waals surface area contributed by atoms with E-state index in [1.165, 1.54) is 17.0 Å². The molecule has 0 nitrogen and oxygen atoms in total. The van der Waals surface area contributed by atoms with Gasteiger partial charge in [-0.25, -0.2) is 0 Å². The fourth-order valence-electron chi connectivity index (χ4n) is 1.76. The minimum absolute atomic E-state index is 0.592. The van der Waals surface area contributed by atoms with E-state index in [0.29, 0.717) is 5.56 Å². The summed E-state index contributed by atoms with van der Waals surface area (Å²) in [6.45, 7) is 2.09. The lowest BCUT2D eigenvalue weighted by atomic mass is 10.1. The topological polar surface area (TPSA) is 0 Å². The molecule has 0 spiro atoms. The van der Waals surface area contributed by atoms with E-state index in [1.807, 2.05) is 12.1 Å². The molecule has 2 aromatic rings. The van der Waals surface area contributed by atoms with Crippen molar-refractivity contribution < 1.29 is 13.2 Å². The zero-order valence-corrected chi connectivity index (χ0v) is 10.7. The van der Waals surface area contributed by atoms with Crippen LogP contribution in [0, 0.1) is 0 Å². The molecule has 0 atom stereocenters. The first-order valence-electron chi connectivity index (χ1n) is 5.77. The third kappa shape index (κ3) is 2.93. The first-order chi connectivity index (χ1) is 8.50. The van der Waals surface area contributed by atoms with Gasteiger partial charge in [0.2, 0.25) is 0 Å². The molecule has 0 aliphatic heterocycles. The van der Waals surface area contributed by atoms with E-state index < -0.39 is 11.7 Å². The Hall–Kier alpha value is -1.29. The van der Waals surface area contributed by atoms with Crippen LogP contribution in [0.1, 0.15) is 23.8 Å². The molecule has 0 aliphatic carbocycles. The fourth-order valence-corrected chi connectivity index (χ4v) is 2.87. The summed E-state index contributed by atoms with van der Waals surface area (Å²) in [4.78, 5) is 2.11. The van der Waals surface area contributed by atoms with E-state index in [9.17, 15) is 13.2 Å². The molecule has 0 bridgehead atoms. The predicted octanol–water partition coefficient (Wildman–Crippen LogP) is 5.39. The molecule has 1 aromatic heterocycles. The van der Waals surface area contributed by atoms with Gasteiger partial charge < -0.3 is 0 Å². The molecule has 0 unspecified atom stereocenters. The van der Waals surface area contributed by atoms with Crippen molar-refractivity contribution >= 4 is 11.3 Å². The maximum Gasteiger partial charge on any atom is 0.416 e. The molecule has 0 radical (unpaired) electrons. The lowest BCUT2D eigenvalue weighted by molar-refractivity contribution is -0.137. The summed E-state index contributed by atoms with van der Waals surface area (Å²) >= 11 is 1.56. The number of aryl methyl sites for hydroxylation is 1. The number of alkyl halides is 3. The summed E-state index contributed by atoms with van der Waals surface area (Å²) in [7, 11) is 0. The van der Waals surface area contributed by atoms with E-state index in [-0.39, 0.29) is 0 Å². The van der Waals surface area contributed by atoms with Crippen LogP contribution in [0.15, 0.2) is 36.4 Å². The molecule has 18 heavy (non-hydrogen) atoms. The van der Waals surface area contributed by atoms with Crippen LogP contribution < -0.4 is 0 Å². The van der Waals surface area contributed by atoms with Crippen LogP contribution in [-0.2, 0) is 12.6 Å². The molecular formula is C14H13F3S. The van der Waals surface area contributed by atoms with Crippen LogP contribution in [0.3, 0.4) is 0 Å². The van der Waals surface area contributed by atoms with Gasteiger partial charge in [0.05, 0.1) is 5.56 Å². The molecule has 96 valence electrons. The Kier molecular flexibility index (Phi) is 3.76. The Bertz CT molecular complexity index is 526. The Balaban J connectivity index is 2.32. The van der Waals surface area contributed by atoms with Crippen molar-refractivity contribution in [1.29, 1.82) is 0 Å². The highest BCUT2D eigenvalue weighted by atomic mass is 32.1. The van der Waals surface area contributed by atoms with E-state index in [1.54, 1.807) is 17.4 Å². The SMILES string of the molecule is CCCc1ccc(-c2cccc(C(F)(F)F)c2)s1. The van der Waals surface area contributed by atoms with Crippen molar-refractivity contribution in [2.75, 3.05) is 0 Å². The summed E-state index contributed by atoms with van der Waals surface area (Å²) < 4.78 is 37.8. The average molecular weight is 270 g/mol. The summed E-state index contributed by atoms with van der Waals surface area (Å²) in [5.74, 6) is 0. The second-order valence-electron chi connectivity index (χ2n) is 4.09. The lowest BCUT2D eigenvalue weighted by Gasteiger charge is -2.07. The first kappa shape index (κ1) is 13.1. The zero-order chi connectivity index (χ0) is 13.2. The third-order valence-corrected chi connectivity index (χ3v) is 3.83. The highest BCUT2D eigenvalue weighted by Crippen LogP contribution is 2.34. The lowest BCUT2D eigenvalue weighted by Crippen LogP contribution is -2.04. The molecular weight excluding hydrogens is 257 g/mol. The second-order valence-corrected chi connectivity index (χ2v) is 5.26. The smallest absolute Gasteiger partial charge is 0.166 e. The van der Waals surface area contributed by atoms with Crippen LogP contribution in [0.4, 0.5) is 13.2 Å². The van der Waals surface area contributed by atoms with Crippen LogP contribution in [0.25, 0.3) is 10.4 Å². The second kappa shape index (κ2) is 5.14. The molecule has 0 saturated carbocycles. The highest BCUT2D eigenvalue weighted by molar-refractivity contribution is 7.15. The standard InChI is InChI=1S/C14H13F3S/c1-2-4-12-7-8-13(18-12)10-5-3-6-11(9-10)14(15,16)17/h3,5-9H,2,4H2,1H3. The summed E-state index contributed by atoms with van der Waals surface area (Å²) in [5, 5.41) is 0. The van der Waals surface area contributed by atoms with Gasteiger partial charge in [-0.2, -0.15) is 13.2 Å². The summed E-state index contributed by atoms with van der Waals surface area (Å²) in [6.07, 6.45) is -2.26. The van der Waals surface area contributed by atoms with Crippen molar-refractivity contribution in [2.24, 2.45) is 0 Å². The zero-order valence-electron chi connectivity index (χ0n) is 9.92. The Morgan fingerprint density at radius 3 is 2.56 bits per heavy atom. The maximum atomic E-state index is 12.6. The van der Waals surface area contributed by atoms with Crippen molar-refractivity contribution in [1.82, 2.24) is 0 Å². The molecule has 0 saturated heterocycles. The average Bonchev–Trinajstić information content (AvgIpc) is 2.77. The predicted molar refractivity (Wildman–Crippen MR) is 68.8 cm³/mol. The molecule has 1 heterocycles. The van der Waals surface area contributed by atoms with Gasteiger partial charge in [-0.1, -0.05) is 25.5 Å². The van der Waals surface area contributed by atoms with Gasteiger partial charge in [0, 0.05) is 9.75 Å². The van der Waals surface area contributed by atoms with Gasteiger partial charge in [0.15, 0.2) is 0 Å². The number of halogens is 3. The number of hydrogen-bond donors (Lipinski definition) is 0. The molecule has 0 aliphatic rings. The molecule has 1 aromatic carbocycles. The monoisotopic (exact) mass is 270 g/mol. The van der Waals surface area contributed by atoms with Gasteiger partial charge in [-0.3, -0.25) is 0 Å². The van der Waals surface area contributed by atoms with Crippen LogP contribution in [0.2, 0.25) is 0 Å². The van der Waals surface area contributed by atoms with Crippen molar-refractivity contribution in [3.63, 3.8) is 0 Å². The van der Waals surface area contributed by atoms with Crippen LogP contribution in [-0.4, -0.2) is 0 Å². The van der Waals surface area contributed by atoms with E-state index in [4.69, 9.17) is 0 Å². The summed E-state index contributed by atoms with van der Waals surface area (Å²) in [6, 6.07) is 9.37. The maximum absolute atomic E-state index is 12.6. The minimum atomic E-state index is -4.28. The minimum Gasteiger partial charge on any atom is -0.166 e. The summed E-state index contributed by atoms with van der Waals surface area (Å²) in [5.41, 5.74) is 0.0441. The number of hydrogen-bond acceptors (Lipinski definition) is 1. The van der Waals surface area contributed by atoms with E-state index in [2.05, 4.69) is 6.92 Å². The molecule has 0 fully saturated rings. The van der Waals surface area contributed by atoms with Crippen molar-refractivity contribution in [3.05, 3.63) is 46.8 Å². The van der Waals surface area contributed by atoms with Gasteiger partial charge in [-0.05, 0) is 36.2 Å². The largest absolute Gasteiger partial charge is 0.416 e. The van der Waals surface area contributed by atoms with Crippen LogP contribution >= 0.6 is 11.3 Å². The van der Waals surface area contributed by atoms with Gasteiger partial charge in [0.25, 0.3) is 0 Å². The quantitative estimate of drug-likeness (QED) is 0.701. The van der Waals surface area contributed by atoms with Gasteiger partial charge in [-0.15, -0.1) is 11.3 Å². The van der Waals surface area contributed by atoms with E-state index in [0.717, 1.165) is 23.8 Å².